The topological polar surface area (TPSA) is 63.6 Å². The highest BCUT2D eigenvalue weighted by Gasteiger charge is 2.21. The van der Waals surface area contributed by atoms with Crippen LogP contribution in [0.15, 0.2) is 35.1 Å². The molecule has 1 aliphatic rings. The zero-order valence-electron chi connectivity index (χ0n) is 17.8. The minimum absolute atomic E-state index is 0.0860. The number of benzene rings is 1. The number of nitrogens with one attached hydrogen (secondary N) is 1. The summed E-state index contributed by atoms with van der Waals surface area (Å²) in [7, 11) is 0. The predicted octanol–water partition coefficient (Wildman–Crippen LogP) is 2.88. The Labute approximate surface area is 172 Å². The number of fused-ring (bicyclic) bond motifs is 1. The molecule has 6 heteroatoms. The second-order valence-electron chi connectivity index (χ2n) is 8.31. The molecule has 29 heavy (non-hydrogen) atoms. The van der Waals surface area contributed by atoms with Gasteiger partial charge in [0.1, 0.15) is 5.75 Å². The van der Waals surface area contributed by atoms with Crippen molar-refractivity contribution in [3.05, 3.63) is 40.7 Å². The molecule has 158 valence electrons. The molecule has 1 fully saturated rings. The Balaban J connectivity index is 1.48. The maximum atomic E-state index is 12.3. The van der Waals surface area contributed by atoms with Crippen molar-refractivity contribution >= 4 is 16.8 Å². The molecule has 1 amide bonds. The molecule has 2 aromatic rings. The third-order valence-electron chi connectivity index (χ3n) is 5.57. The van der Waals surface area contributed by atoms with Crippen LogP contribution >= 0.6 is 0 Å². The molecule has 0 aliphatic carbocycles. The van der Waals surface area contributed by atoms with E-state index in [4.69, 9.17) is 4.74 Å². The van der Waals surface area contributed by atoms with Crippen LogP contribution in [-0.2, 0) is 11.3 Å². The van der Waals surface area contributed by atoms with E-state index in [0.29, 0.717) is 18.8 Å². The summed E-state index contributed by atoms with van der Waals surface area (Å²) < 4.78 is 7.40. The number of aromatic nitrogens is 1. The Morgan fingerprint density at radius 1 is 1.21 bits per heavy atom. The summed E-state index contributed by atoms with van der Waals surface area (Å²) in [6.07, 6.45) is 2.24. The van der Waals surface area contributed by atoms with Gasteiger partial charge >= 0.3 is 0 Å². The van der Waals surface area contributed by atoms with E-state index in [1.54, 1.807) is 4.57 Å². The van der Waals surface area contributed by atoms with Gasteiger partial charge in [0.25, 0.3) is 11.5 Å². The Kier molecular flexibility index (Phi) is 7.31. The van der Waals surface area contributed by atoms with E-state index in [0.717, 1.165) is 48.8 Å². The van der Waals surface area contributed by atoms with Crippen molar-refractivity contribution in [2.45, 2.75) is 40.2 Å². The van der Waals surface area contributed by atoms with Crippen molar-refractivity contribution in [1.82, 2.24) is 14.8 Å². The molecule has 0 bridgehead atoms. The van der Waals surface area contributed by atoms with Gasteiger partial charge in [0.15, 0.2) is 6.61 Å². The van der Waals surface area contributed by atoms with Crippen molar-refractivity contribution in [3.63, 3.8) is 0 Å². The summed E-state index contributed by atoms with van der Waals surface area (Å²) in [5.41, 5.74) is 0.703. The van der Waals surface area contributed by atoms with Crippen LogP contribution in [0.2, 0.25) is 0 Å². The second kappa shape index (κ2) is 9.92. The highest BCUT2D eigenvalue weighted by molar-refractivity contribution is 5.86. The third-order valence-corrected chi connectivity index (χ3v) is 5.57. The first kappa shape index (κ1) is 21.4. The van der Waals surface area contributed by atoms with Crippen LogP contribution in [0, 0.1) is 11.8 Å². The lowest BCUT2D eigenvalue weighted by Gasteiger charge is -2.34. The number of piperidine rings is 1. The van der Waals surface area contributed by atoms with E-state index >= 15 is 0 Å². The number of carbonyl (C=O) groups is 1. The van der Waals surface area contributed by atoms with Crippen molar-refractivity contribution < 1.29 is 9.53 Å². The SMILES string of the molecule is CCn1c(=O)cc(OCC(=O)NCCCN2C[C@H](C)C[C@@H](C)C2)c2ccccc21. The molecular weight excluding hydrogens is 366 g/mol. The van der Waals surface area contributed by atoms with Crippen molar-refractivity contribution in [1.29, 1.82) is 0 Å². The van der Waals surface area contributed by atoms with Crippen LogP contribution in [0.4, 0.5) is 0 Å². The zero-order chi connectivity index (χ0) is 20.8. The summed E-state index contributed by atoms with van der Waals surface area (Å²) in [4.78, 5) is 27.0. The first-order chi connectivity index (χ1) is 14.0. The third kappa shape index (κ3) is 5.60. The highest BCUT2D eigenvalue weighted by atomic mass is 16.5. The van der Waals surface area contributed by atoms with Crippen molar-refractivity contribution in [2.75, 3.05) is 32.8 Å². The number of pyridine rings is 1. The Morgan fingerprint density at radius 3 is 2.66 bits per heavy atom. The standard InChI is InChI=1S/C23H33N3O3/c1-4-26-20-9-6-5-8-19(20)21(13-23(26)28)29-16-22(27)24-10-7-11-25-14-17(2)12-18(3)15-25/h5-6,8-9,13,17-18H,4,7,10-12,14-16H2,1-3H3,(H,24,27)/t17-,18-/m1/s1. The van der Waals surface area contributed by atoms with Crippen molar-refractivity contribution in [3.8, 4) is 5.75 Å². The quantitative estimate of drug-likeness (QED) is 0.694. The number of hydrogen-bond acceptors (Lipinski definition) is 4. The molecule has 0 unspecified atom stereocenters. The maximum Gasteiger partial charge on any atom is 0.257 e. The number of aryl methyl sites for hydroxylation is 1. The average Bonchev–Trinajstić information content (AvgIpc) is 2.69. The molecule has 0 radical (unpaired) electrons. The number of carbonyl (C=O) groups excluding carboxylic acids is 1. The van der Waals surface area contributed by atoms with Gasteiger partial charge in [0, 0.05) is 37.6 Å². The lowest BCUT2D eigenvalue weighted by molar-refractivity contribution is -0.123. The fourth-order valence-corrected chi connectivity index (χ4v) is 4.45. The van der Waals surface area contributed by atoms with Crippen LogP contribution in [0.1, 0.15) is 33.6 Å². The van der Waals surface area contributed by atoms with Gasteiger partial charge in [-0.3, -0.25) is 9.59 Å². The number of hydrogen-bond donors (Lipinski definition) is 1. The van der Waals surface area contributed by atoms with Gasteiger partial charge in [0.05, 0.1) is 5.52 Å². The number of rotatable bonds is 8. The van der Waals surface area contributed by atoms with Gasteiger partial charge in [-0.15, -0.1) is 0 Å². The maximum absolute atomic E-state index is 12.3. The summed E-state index contributed by atoms with van der Waals surface area (Å²) in [6.45, 7) is 11.0. The lowest BCUT2D eigenvalue weighted by Crippen LogP contribution is -2.40. The average molecular weight is 400 g/mol. The van der Waals surface area contributed by atoms with Crippen LogP contribution in [0.25, 0.3) is 10.9 Å². The summed E-state index contributed by atoms with van der Waals surface area (Å²) in [5, 5.41) is 3.77. The van der Waals surface area contributed by atoms with Crippen LogP contribution in [-0.4, -0.2) is 48.2 Å². The van der Waals surface area contributed by atoms with E-state index < -0.39 is 0 Å². The van der Waals surface area contributed by atoms with E-state index in [1.165, 1.54) is 12.5 Å². The first-order valence-corrected chi connectivity index (χ1v) is 10.7. The van der Waals surface area contributed by atoms with Crippen LogP contribution < -0.4 is 15.6 Å². The smallest absolute Gasteiger partial charge is 0.257 e. The fourth-order valence-electron chi connectivity index (χ4n) is 4.45. The molecular formula is C23H33N3O3. The Bertz CT molecular complexity index is 883. The monoisotopic (exact) mass is 399 g/mol. The van der Waals surface area contributed by atoms with E-state index in [1.807, 2.05) is 31.2 Å². The molecule has 0 spiro atoms. The lowest BCUT2D eigenvalue weighted by atomic mass is 9.92. The van der Waals surface area contributed by atoms with Gasteiger partial charge in [0.2, 0.25) is 0 Å². The van der Waals surface area contributed by atoms with Gasteiger partial charge < -0.3 is 19.5 Å². The number of ether oxygens (including phenoxy) is 1. The molecule has 1 N–H and O–H groups in total. The normalized spacial score (nSPS) is 20.0. The van der Waals surface area contributed by atoms with Crippen molar-refractivity contribution in [2.24, 2.45) is 11.8 Å². The summed E-state index contributed by atoms with van der Waals surface area (Å²) in [5.74, 6) is 1.80. The molecule has 1 aromatic carbocycles. The molecule has 2 heterocycles. The predicted molar refractivity (Wildman–Crippen MR) is 116 cm³/mol. The fraction of sp³-hybridized carbons (Fsp3) is 0.565. The van der Waals surface area contributed by atoms with E-state index in [-0.39, 0.29) is 18.1 Å². The minimum atomic E-state index is -0.158. The van der Waals surface area contributed by atoms with Gasteiger partial charge in [-0.1, -0.05) is 26.0 Å². The minimum Gasteiger partial charge on any atom is -0.483 e. The Hall–Kier alpha value is -2.34. The zero-order valence-corrected chi connectivity index (χ0v) is 17.8. The molecule has 6 nitrogen and oxygen atoms in total. The molecule has 0 saturated carbocycles. The van der Waals surface area contributed by atoms with Gasteiger partial charge in [-0.2, -0.15) is 0 Å². The molecule has 1 aliphatic heterocycles. The number of amides is 1. The molecule has 1 aromatic heterocycles. The van der Waals surface area contributed by atoms with Crippen LogP contribution in [0.5, 0.6) is 5.75 Å². The molecule has 2 atom stereocenters. The molecule has 3 rings (SSSR count). The highest BCUT2D eigenvalue weighted by Crippen LogP contribution is 2.23. The van der Waals surface area contributed by atoms with E-state index in [2.05, 4.69) is 24.1 Å². The van der Waals surface area contributed by atoms with E-state index in [9.17, 15) is 9.59 Å². The largest absolute Gasteiger partial charge is 0.483 e. The molecule has 1 saturated heterocycles. The first-order valence-electron chi connectivity index (χ1n) is 10.7. The number of para-hydroxylation sites is 1. The number of nitrogens with zero attached hydrogens (tertiary/aromatic N) is 2. The van der Waals surface area contributed by atoms with Gasteiger partial charge in [-0.25, -0.2) is 0 Å². The van der Waals surface area contributed by atoms with Crippen LogP contribution in [0.3, 0.4) is 0 Å². The Morgan fingerprint density at radius 2 is 1.93 bits per heavy atom. The van der Waals surface area contributed by atoms with Gasteiger partial charge in [-0.05, 0) is 50.3 Å². The summed E-state index contributed by atoms with van der Waals surface area (Å²) in [6, 6.07) is 9.08. The number of likely N-dealkylation sites (tertiary alicyclic amines) is 1. The second-order valence-corrected chi connectivity index (χ2v) is 8.31. The summed E-state index contributed by atoms with van der Waals surface area (Å²) >= 11 is 0.